The molecular formula is C25H26ClN5O4S. The van der Waals surface area contributed by atoms with E-state index in [0.717, 1.165) is 16.2 Å². The summed E-state index contributed by atoms with van der Waals surface area (Å²) in [6.45, 7) is 1.78. The fourth-order valence-corrected chi connectivity index (χ4v) is 5.11. The maximum atomic E-state index is 12.3. The van der Waals surface area contributed by atoms with E-state index in [1.807, 2.05) is 12.1 Å². The molecule has 0 saturated carbocycles. The van der Waals surface area contributed by atoms with E-state index in [2.05, 4.69) is 20.0 Å². The lowest BCUT2D eigenvalue weighted by Crippen LogP contribution is -2.25. The Morgan fingerprint density at radius 2 is 1.86 bits per heavy atom. The number of amides is 1. The van der Waals surface area contributed by atoms with Gasteiger partial charge in [-0.1, -0.05) is 23.7 Å². The summed E-state index contributed by atoms with van der Waals surface area (Å²) >= 11 is 5.87. The predicted octanol–water partition coefficient (Wildman–Crippen LogP) is 3.72. The molecule has 11 heteroatoms. The molecule has 2 aromatic carbocycles. The average Bonchev–Trinajstić information content (AvgIpc) is 2.87. The van der Waals surface area contributed by atoms with Crippen molar-refractivity contribution in [1.29, 1.82) is 0 Å². The standard InChI is InChI=1S/C25H26ClN5O4S/c26-18-4-3-5-19(15-18)36(33,34)30-9-1-2-12-35-13-11-29-25-21-8-10-28-16-22(21)20-7-6-17(24(27)32)14-23(20)31-25/h3-8,10,14-16,30H,1-2,9,11-13H2,(H2,27,32)(H,29,31). The van der Waals surface area contributed by atoms with Crippen LogP contribution < -0.4 is 15.8 Å². The summed E-state index contributed by atoms with van der Waals surface area (Å²) in [6.07, 6.45) is 4.82. The van der Waals surface area contributed by atoms with Crippen LogP contribution >= 0.6 is 11.6 Å². The van der Waals surface area contributed by atoms with E-state index in [1.54, 1.807) is 36.7 Å². The summed E-state index contributed by atoms with van der Waals surface area (Å²) in [4.78, 5) is 20.6. The zero-order valence-corrected chi connectivity index (χ0v) is 21.0. The van der Waals surface area contributed by atoms with E-state index in [4.69, 9.17) is 22.1 Å². The second-order valence-electron chi connectivity index (χ2n) is 8.08. The molecule has 0 spiro atoms. The number of unbranched alkanes of at least 4 members (excludes halogenated alkanes) is 1. The molecular weight excluding hydrogens is 502 g/mol. The molecule has 2 aromatic heterocycles. The lowest BCUT2D eigenvalue weighted by Gasteiger charge is -2.12. The van der Waals surface area contributed by atoms with Crippen molar-refractivity contribution in [3.8, 4) is 0 Å². The molecule has 0 saturated heterocycles. The minimum absolute atomic E-state index is 0.147. The van der Waals surface area contributed by atoms with Gasteiger partial charge in [0.15, 0.2) is 0 Å². The normalized spacial score (nSPS) is 11.7. The number of primary amides is 1. The number of carbonyl (C=O) groups is 1. The highest BCUT2D eigenvalue weighted by Crippen LogP contribution is 2.29. The molecule has 0 aliphatic carbocycles. The van der Waals surface area contributed by atoms with E-state index < -0.39 is 15.9 Å². The van der Waals surface area contributed by atoms with E-state index >= 15 is 0 Å². The van der Waals surface area contributed by atoms with Crippen molar-refractivity contribution in [1.82, 2.24) is 14.7 Å². The topological polar surface area (TPSA) is 136 Å². The highest BCUT2D eigenvalue weighted by Gasteiger charge is 2.13. The Morgan fingerprint density at radius 3 is 2.67 bits per heavy atom. The Balaban J connectivity index is 1.24. The molecule has 4 N–H and O–H groups in total. The number of nitrogens with zero attached hydrogens (tertiary/aromatic N) is 2. The fourth-order valence-electron chi connectivity index (χ4n) is 3.73. The van der Waals surface area contributed by atoms with Crippen molar-refractivity contribution >= 4 is 55.0 Å². The summed E-state index contributed by atoms with van der Waals surface area (Å²) in [6, 6.07) is 13.2. The van der Waals surface area contributed by atoms with Crippen LogP contribution in [0.25, 0.3) is 21.7 Å². The van der Waals surface area contributed by atoms with Gasteiger partial charge in [-0.05, 0) is 49.2 Å². The van der Waals surface area contributed by atoms with Gasteiger partial charge >= 0.3 is 0 Å². The number of hydrogen-bond donors (Lipinski definition) is 3. The first-order chi connectivity index (χ1) is 17.3. The number of rotatable bonds is 12. The van der Waals surface area contributed by atoms with E-state index in [9.17, 15) is 13.2 Å². The van der Waals surface area contributed by atoms with Gasteiger partial charge in [-0.2, -0.15) is 0 Å². The minimum Gasteiger partial charge on any atom is -0.380 e. The van der Waals surface area contributed by atoms with E-state index in [-0.39, 0.29) is 4.90 Å². The third-order valence-corrected chi connectivity index (χ3v) is 7.23. The molecule has 0 bridgehead atoms. The molecule has 0 unspecified atom stereocenters. The molecule has 188 valence electrons. The molecule has 0 radical (unpaired) electrons. The number of carbonyl (C=O) groups excluding carboxylic acids is 1. The number of nitrogens with two attached hydrogens (primary N) is 1. The predicted molar refractivity (Wildman–Crippen MR) is 141 cm³/mol. The third kappa shape index (κ3) is 6.27. The van der Waals surface area contributed by atoms with Gasteiger partial charge in [0.05, 0.1) is 17.0 Å². The van der Waals surface area contributed by atoms with Crippen LogP contribution in [0.5, 0.6) is 0 Å². The Labute approximate surface area is 214 Å². The van der Waals surface area contributed by atoms with Crippen LogP contribution in [0.4, 0.5) is 5.82 Å². The Bertz CT molecular complexity index is 1500. The molecule has 0 atom stereocenters. The monoisotopic (exact) mass is 527 g/mol. The van der Waals surface area contributed by atoms with Gasteiger partial charge in [0.1, 0.15) is 5.82 Å². The summed E-state index contributed by atoms with van der Waals surface area (Å²) < 4.78 is 32.8. The maximum Gasteiger partial charge on any atom is 0.248 e. The first-order valence-electron chi connectivity index (χ1n) is 11.4. The number of sulfonamides is 1. The van der Waals surface area contributed by atoms with Gasteiger partial charge in [0, 0.05) is 58.8 Å². The lowest BCUT2D eigenvalue weighted by atomic mass is 10.1. The van der Waals surface area contributed by atoms with Crippen LogP contribution in [-0.2, 0) is 14.8 Å². The number of pyridine rings is 2. The van der Waals surface area contributed by atoms with E-state index in [0.29, 0.717) is 61.1 Å². The summed E-state index contributed by atoms with van der Waals surface area (Å²) in [7, 11) is -3.58. The van der Waals surface area contributed by atoms with Crippen LogP contribution in [-0.4, -0.2) is 50.6 Å². The van der Waals surface area contributed by atoms with Crippen LogP contribution in [0.15, 0.2) is 65.8 Å². The Kier molecular flexibility index (Phi) is 8.32. The van der Waals surface area contributed by atoms with Crippen LogP contribution in [0.3, 0.4) is 0 Å². The SMILES string of the molecule is NC(=O)c1ccc2c(c1)nc(NCCOCCCCNS(=O)(=O)c1cccc(Cl)c1)c1ccncc12. The first-order valence-corrected chi connectivity index (χ1v) is 13.3. The number of ether oxygens (including phenoxy) is 1. The largest absolute Gasteiger partial charge is 0.380 e. The lowest BCUT2D eigenvalue weighted by molar-refractivity contribution is 0.100. The van der Waals surface area contributed by atoms with Gasteiger partial charge in [0.2, 0.25) is 15.9 Å². The molecule has 9 nitrogen and oxygen atoms in total. The quantitative estimate of drug-likeness (QED) is 0.188. The Hall–Kier alpha value is -3.31. The minimum atomic E-state index is -3.58. The van der Waals surface area contributed by atoms with Crippen molar-refractivity contribution in [3.05, 3.63) is 71.5 Å². The van der Waals surface area contributed by atoms with Crippen molar-refractivity contribution in [3.63, 3.8) is 0 Å². The van der Waals surface area contributed by atoms with Gasteiger partial charge in [-0.15, -0.1) is 0 Å². The molecule has 2 heterocycles. The van der Waals surface area contributed by atoms with Crippen molar-refractivity contribution in [2.24, 2.45) is 5.73 Å². The second kappa shape index (κ2) is 11.6. The zero-order chi connectivity index (χ0) is 25.5. The molecule has 36 heavy (non-hydrogen) atoms. The number of aromatic nitrogens is 2. The van der Waals surface area contributed by atoms with Crippen molar-refractivity contribution < 1.29 is 17.9 Å². The maximum absolute atomic E-state index is 12.3. The van der Waals surface area contributed by atoms with Gasteiger partial charge in [0.25, 0.3) is 0 Å². The highest BCUT2D eigenvalue weighted by atomic mass is 35.5. The first kappa shape index (κ1) is 25.8. The fraction of sp³-hybridized carbons (Fsp3) is 0.240. The van der Waals surface area contributed by atoms with Gasteiger partial charge < -0.3 is 15.8 Å². The van der Waals surface area contributed by atoms with Crippen molar-refractivity contribution in [2.45, 2.75) is 17.7 Å². The molecule has 1 amide bonds. The third-order valence-electron chi connectivity index (χ3n) is 5.53. The van der Waals surface area contributed by atoms with Gasteiger partial charge in [-0.3, -0.25) is 9.78 Å². The molecule has 0 aliphatic heterocycles. The summed E-state index contributed by atoms with van der Waals surface area (Å²) in [5.74, 6) is 0.158. The number of anilines is 1. The highest BCUT2D eigenvalue weighted by molar-refractivity contribution is 7.89. The Morgan fingerprint density at radius 1 is 1.00 bits per heavy atom. The smallest absolute Gasteiger partial charge is 0.248 e. The number of fused-ring (bicyclic) bond motifs is 3. The molecule has 0 aliphatic rings. The van der Waals surface area contributed by atoms with Crippen LogP contribution in [0, 0.1) is 0 Å². The number of benzene rings is 2. The molecule has 0 fully saturated rings. The van der Waals surface area contributed by atoms with Crippen LogP contribution in [0.2, 0.25) is 5.02 Å². The zero-order valence-electron chi connectivity index (χ0n) is 19.4. The van der Waals surface area contributed by atoms with Crippen molar-refractivity contribution in [2.75, 3.05) is 31.6 Å². The van der Waals surface area contributed by atoms with E-state index in [1.165, 1.54) is 12.1 Å². The van der Waals surface area contributed by atoms with Crippen LogP contribution in [0.1, 0.15) is 23.2 Å². The average molecular weight is 528 g/mol. The second-order valence-corrected chi connectivity index (χ2v) is 10.3. The molecule has 4 rings (SSSR count). The number of halogens is 1. The molecule has 4 aromatic rings. The van der Waals surface area contributed by atoms with Gasteiger partial charge in [-0.25, -0.2) is 18.1 Å². The number of hydrogen-bond acceptors (Lipinski definition) is 7. The summed E-state index contributed by atoms with van der Waals surface area (Å²) in [5.41, 5.74) is 6.46. The summed E-state index contributed by atoms with van der Waals surface area (Å²) in [5, 5.41) is 6.38. The number of nitrogens with one attached hydrogen (secondary N) is 2.